The van der Waals surface area contributed by atoms with Gasteiger partial charge in [0.1, 0.15) is 16.9 Å². The number of halogens is 4. The minimum atomic E-state index is -4.60. The van der Waals surface area contributed by atoms with Crippen LogP contribution in [0.4, 0.5) is 23.2 Å². The van der Waals surface area contributed by atoms with Gasteiger partial charge in [0, 0.05) is 30.6 Å². The van der Waals surface area contributed by atoms with Crippen molar-refractivity contribution in [2.75, 3.05) is 29.5 Å². The van der Waals surface area contributed by atoms with Crippen LogP contribution in [0.5, 0.6) is 0 Å². The molecule has 2 aliphatic rings. The Morgan fingerprint density at radius 3 is 2.44 bits per heavy atom. The number of nitrogens with zero attached hydrogens (tertiary/aromatic N) is 4. The lowest BCUT2D eigenvalue weighted by molar-refractivity contribution is -0.140. The summed E-state index contributed by atoms with van der Waals surface area (Å²) < 4.78 is 76.2. The summed E-state index contributed by atoms with van der Waals surface area (Å²) in [5, 5.41) is 12.1. The second kappa shape index (κ2) is 12.6. The van der Waals surface area contributed by atoms with E-state index in [0.29, 0.717) is 48.7 Å². The van der Waals surface area contributed by atoms with Gasteiger partial charge in [-0.2, -0.15) is 18.4 Å². The second-order valence-corrected chi connectivity index (χ2v) is 14.1. The van der Waals surface area contributed by atoms with Crippen LogP contribution in [-0.4, -0.2) is 61.1 Å². The second-order valence-electron chi connectivity index (χ2n) is 10.8. The highest BCUT2D eigenvalue weighted by atomic mass is 32.2. The van der Waals surface area contributed by atoms with Gasteiger partial charge in [-0.3, -0.25) is 9.78 Å². The fraction of sp³-hybridized carbons (Fsp3) is 0.448. The van der Waals surface area contributed by atoms with Gasteiger partial charge < -0.3 is 10.2 Å². The minimum Gasteiger partial charge on any atom is -0.369 e. The molecule has 3 aromatic rings. The van der Waals surface area contributed by atoms with E-state index in [1.165, 1.54) is 23.5 Å². The highest BCUT2D eigenvalue weighted by Crippen LogP contribution is 2.46. The molecule has 1 aliphatic carbocycles. The number of anilines is 1. The summed E-state index contributed by atoms with van der Waals surface area (Å²) >= 11 is 1.32. The SMILES string of the molecule is N#CC(CC(F)(F)F)NC(=O)C1CCCC[C@H]1c1nc(-c2ccc(F)cn2)sc1-c1ccc(N2CCS(=O)(=O)CC2)cc1. The van der Waals surface area contributed by atoms with Crippen molar-refractivity contribution >= 4 is 32.8 Å². The van der Waals surface area contributed by atoms with Gasteiger partial charge in [-0.1, -0.05) is 25.0 Å². The first-order valence-electron chi connectivity index (χ1n) is 13.9. The van der Waals surface area contributed by atoms with Crippen LogP contribution in [-0.2, 0) is 14.6 Å². The van der Waals surface area contributed by atoms with Crippen molar-refractivity contribution in [2.45, 2.75) is 50.2 Å². The van der Waals surface area contributed by atoms with Gasteiger partial charge in [0.15, 0.2) is 9.84 Å². The number of aromatic nitrogens is 2. The lowest BCUT2D eigenvalue weighted by atomic mass is 9.76. The maximum absolute atomic E-state index is 13.6. The molecule has 2 fully saturated rings. The molecule has 1 aromatic carbocycles. The zero-order valence-corrected chi connectivity index (χ0v) is 24.6. The van der Waals surface area contributed by atoms with E-state index < -0.39 is 52.0 Å². The van der Waals surface area contributed by atoms with E-state index in [2.05, 4.69) is 10.3 Å². The molecule has 1 amide bonds. The van der Waals surface area contributed by atoms with Gasteiger partial charge in [-0.25, -0.2) is 17.8 Å². The molecular formula is C29H29F4N5O3S2. The van der Waals surface area contributed by atoms with Gasteiger partial charge in [0.2, 0.25) is 5.91 Å². The molecule has 3 atom stereocenters. The number of carbonyl (C=O) groups excluding carboxylic acids is 1. The molecule has 43 heavy (non-hydrogen) atoms. The van der Waals surface area contributed by atoms with Crippen LogP contribution < -0.4 is 10.2 Å². The number of hydrogen-bond acceptors (Lipinski definition) is 8. The highest BCUT2D eigenvalue weighted by molar-refractivity contribution is 7.91. The number of alkyl halides is 3. The summed E-state index contributed by atoms with van der Waals surface area (Å²) in [6.07, 6.45) is -2.46. The molecular weight excluding hydrogens is 606 g/mol. The molecule has 2 aromatic heterocycles. The van der Waals surface area contributed by atoms with Gasteiger partial charge in [0.05, 0.1) is 46.5 Å². The van der Waals surface area contributed by atoms with Crippen LogP contribution in [0.2, 0.25) is 0 Å². The molecule has 1 aliphatic heterocycles. The molecule has 0 radical (unpaired) electrons. The van der Waals surface area contributed by atoms with Crippen LogP contribution in [0.1, 0.15) is 43.7 Å². The fourth-order valence-corrected chi connectivity index (χ4v) is 7.93. The largest absolute Gasteiger partial charge is 0.392 e. The topological polar surface area (TPSA) is 116 Å². The van der Waals surface area contributed by atoms with Crippen LogP contribution >= 0.6 is 11.3 Å². The molecule has 5 rings (SSSR count). The third kappa shape index (κ3) is 7.51. The smallest absolute Gasteiger partial charge is 0.369 e. The lowest BCUT2D eigenvalue weighted by Gasteiger charge is -2.31. The average Bonchev–Trinajstić information content (AvgIpc) is 3.42. The minimum absolute atomic E-state index is 0.0858. The predicted octanol–water partition coefficient (Wildman–Crippen LogP) is 5.48. The standard InChI is InChI=1S/C29H29F4N5O3S2/c30-19-7-10-24(35-17-19)28-37-25(22-3-1-2-4-23(22)27(39)36-20(16-34)15-29(31,32)33)26(42-28)18-5-8-21(9-6-18)38-11-13-43(40,41)14-12-38/h5-10,17,20,22-23H,1-4,11-15H2,(H,36,39)/t20?,22-,23?/m1/s1. The van der Waals surface area contributed by atoms with Crippen molar-refractivity contribution in [1.29, 1.82) is 5.26 Å². The van der Waals surface area contributed by atoms with E-state index in [1.54, 1.807) is 6.07 Å². The van der Waals surface area contributed by atoms with Crippen LogP contribution in [0.15, 0.2) is 42.6 Å². The zero-order valence-electron chi connectivity index (χ0n) is 23.0. The van der Waals surface area contributed by atoms with Gasteiger partial charge in [0.25, 0.3) is 0 Å². The van der Waals surface area contributed by atoms with Crippen LogP contribution in [0, 0.1) is 23.1 Å². The molecule has 0 bridgehead atoms. The Hall–Kier alpha value is -3.57. The van der Waals surface area contributed by atoms with Crippen molar-refractivity contribution in [3.8, 4) is 27.2 Å². The Kier molecular flexibility index (Phi) is 9.03. The van der Waals surface area contributed by atoms with E-state index in [4.69, 9.17) is 4.98 Å². The summed E-state index contributed by atoms with van der Waals surface area (Å²) in [6, 6.07) is 10.2. The summed E-state index contributed by atoms with van der Waals surface area (Å²) in [5.74, 6) is -2.06. The molecule has 0 spiro atoms. The summed E-state index contributed by atoms with van der Waals surface area (Å²) in [4.78, 5) is 25.1. The Bertz CT molecular complexity index is 1590. The summed E-state index contributed by atoms with van der Waals surface area (Å²) in [7, 11) is -3.03. The van der Waals surface area contributed by atoms with Crippen molar-refractivity contribution in [3.63, 3.8) is 0 Å². The molecule has 1 saturated carbocycles. The molecule has 3 heterocycles. The zero-order chi connectivity index (χ0) is 30.8. The number of pyridine rings is 1. The van der Waals surface area contributed by atoms with Gasteiger partial charge >= 0.3 is 6.18 Å². The maximum atomic E-state index is 13.6. The number of benzene rings is 1. The predicted molar refractivity (Wildman–Crippen MR) is 155 cm³/mol. The maximum Gasteiger partial charge on any atom is 0.392 e. The number of hydrogen-bond donors (Lipinski definition) is 1. The number of amides is 1. The first-order chi connectivity index (χ1) is 20.4. The number of sulfone groups is 1. The Balaban J connectivity index is 1.48. The first kappa shape index (κ1) is 30.9. The first-order valence-corrected chi connectivity index (χ1v) is 16.5. The Morgan fingerprint density at radius 1 is 1.12 bits per heavy atom. The quantitative estimate of drug-likeness (QED) is 0.342. The van der Waals surface area contributed by atoms with Gasteiger partial charge in [-0.15, -0.1) is 11.3 Å². The van der Waals surface area contributed by atoms with Gasteiger partial charge in [-0.05, 0) is 42.7 Å². The van der Waals surface area contributed by atoms with E-state index in [0.717, 1.165) is 28.7 Å². The molecule has 1 saturated heterocycles. The number of carbonyl (C=O) groups is 1. The monoisotopic (exact) mass is 635 g/mol. The van der Waals surface area contributed by atoms with E-state index in [-0.39, 0.29) is 11.5 Å². The number of rotatable bonds is 7. The third-order valence-electron chi connectivity index (χ3n) is 7.80. The van der Waals surface area contributed by atoms with E-state index >= 15 is 0 Å². The molecule has 2 unspecified atom stereocenters. The molecule has 1 N–H and O–H groups in total. The Labute approximate surface area is 250 Å². The fourth-order valence-electron chi connectivity index (χ4n) is 5.61. The van der Waals surface area contributed by atoms with Crippen LogP contribution in [0.25, 0.3) is 21.1 Å². The van der Waals surface area contributed by atoms with Crippen molar-refractivity contribution in [2.24, 2.45) is 5.92 Å². The van der Waals surface area contributed by atoms with Crippen LogP contribution in [0.3, 0.4) is 0 Å². The Morgan fingerprint density at radius 2 is 1.81 bits per heavy atom. The summed E-state index contributed by atoms with van der Waals surface area (Å²) in [5.41, 5.74) is 2.71. The average molecular weight is 636 g/mol. The van der Waals surface area contributed by atoms with Crippen molar-refractivity contribution < 1.29 is 30.8 Å². The number of thiazole rings is 1. The normalized spacial score (nSPS) is 21.1. The van der Waals surface area contributed by atoms with E-state index in [9.17, 15) is 36.0 Å². The highest BCUT2D eigenvalue weighted by Gasteiger charge is 2.38. The molecule has 228 valence electrons. The van der Waals surface area contributed by atoms with Crippen molar-refractivity contribution in [3.05, 3.63) is 54.1 Å². The summed E-state index contributed by atoms with van der Waals surface area (Å²) in [6.45, 7) is 0.787. The number of nitrogens with one attached hydrogen (secondary N) is 1. The molecule has 8 nitrogen and oxygen atoms in total. The van der Waals surface area contributed by atoms with E-state index in [1.807, 2.05) is 29.2 Å². The lowest BCUT2D eigenvalue weighted by Crippen LogP contribution is -2.43. The third-order valence-corrected chi connectivity index (χ3v) is 10.6. The van der Waals surface area contributed by atoms with Crippen molar-refractivity contribution in [1.82, 2.24) is 15.3 Å². The number of nitriles is 1. The molecule has 14 heteroatoms.